The lowest BCUT2D eigenvalue weighted by Gasteiger charge is -2.14. The molecule has 21 heavy (non-hydrogen) atoms. The van der Waals surface area contributed by atoms with Crippen molar-refractivity contribution in [3.63, 3.8) is 0 Å². The van der Waals surface area contributed by atoms with Gasteiger partial charge in [-0.15, -0.1) is 0 Å². The molecule has 0 unspecified atom stereocenters. The van der Waals surface area contributed by atoms with Crippen molar-refractivity contribution in [3.8, 4) is 0 Å². The summed E-state index contributed by atoms with van der Waals surface area (Å²) in [4.78, 5) is 3.77. The molecule has 110 valence electrons. The lowest BCUT2D eigenvalue weighted by Crippen LogP contribution is -2.15. The normalized spacial score (nSPS) is 11.0. The van der Waals surface area contributed by atoms with E-state index < -0.39 is 10.0 Å². The van der Waals surface area contributed by atoms with Crippen molar-refractivity contribution in [2.75, 3.05) is 17.1 Å². The van der Waals surface area contributed by atoms with Gasteiger partial charge in [-0.3, -0.25) is 4.72 Å². The maximum atomic E-state index is 12.3. The molecule has 0 fully saturated rings. The third kappa shape index (κ3) is 3.32. The summed E-state index contributed by atoms with van der Waals surface area (Å²) in [6.45, 7) is 0. The molecule has 0 atom stereocenters. The fraction of sp³-hybridized carbons (Fsp3) is 0.0769. The van der Waals surface area contributed by atoms with Crippen LogP contribution in [0.2, 0.25) is 5.15 Å². The lowest BCUT2D eigenvalue weighted by molar-refractivity contribution is 0.601. The van der Waals surface area contributed by atoms with E-state index in [9.17, 15) is 8.42 Å². The number of pyridine rings is 1. The van der Waals surface area contributed by atoms with Crippen LogP contribution < -0.4 is 10.0 Å². The summed E-state index contributed by atoms with van der Waals surface area (Å²) in [5.74, 6) is 0. The van der Waals surface area contributed by atoms with Gasteiger partial charge in [-0.05, 0) is 18.2 Å². The molecule has 0 aliphatic carbocycles. The second kappa shape index (κ2) is 6.11. The van der Waals surface area contributed by atoms with E-state index in [1.54, 1.807) is 25.2 Å². The standard InChI is InChI=1S/C13H13ClN4O2S/c1-16-13-9(7-15)3-2-4-11(13)18-21(19,20)10-5-6-12(14)17-8-10/h2-8,15-16,18H,1H3. The quantitative estimate of drug-likeness (QED) is 0.582. The van der Waals surface area contributed by atoms with Crippen molar-refractivity contribution in [2.45, 2.75) is 4.90 Å². The van der Waals surface area contributed by atoms with Crippen molar-refractivity contribution >= 4 is 39.2 Å². The van der Waals surface area contributed by atoms with E-state index >= 15 is 0 Å². The smallest absolute Gasteiger partial charge is 0.263 e. The second-order valence-corrected chi connectivity index (χ2v) is 6.16. The number of nitrogens with one attached hydrogen (secondary N) is 3. The molecule has 0 spiro atoms. The minimum atomic E-state index is -3.77. The molecular formula is C13H13ClN4O2S. The van der Waals surface area contributed by atoms with Gasteiger partial charge in [0.25, 0.3) is 10.0 Å². The van der Waals surface area contributed by atoms with Gasteiger partial charge in [0.2, 0.25) is 0 Å². The monoisotopic (exact) mass is 324 g/mol. The molecule has 1 aromatic carbocycles. The number of hydrogen-bond donors (Lipinski definition) is 3. The fourth-order valence-corrected chi connectivity index (χ4v) is 2.91. The van der Waals surface area contributed by atoms with Crippen LogP contribution in [0.25, 0.3) is 0 Å². The zero-order valence-electron chi connectivity index (χ0n) is 11.1. The molecule has 1 aromatic heterocycles. The predicted molar refractivity (Wildman–Crippen MR) is 83.9 cm³/mol. The first kappa shape index (κ1) is 15.3. The van der Waals surface area contributed by atoms with Gasteiger partial charge in [-0.25, -0.2) is 13.4 Å². The molecular weight excluding hydrogens is 312 g/mol. The average Bonchev–Trinajstić information content (AvgIpc) is 2.47. The predicted octanol–water partition coefficient (Wildman–Crippen LogP) is 2.58. The maximum absolute atomic E-state index is 12.3. The molecule has 0 radical (unpaired) electrons. The van der Waals surface area contributed by atoms with Gasteiger partial charge < -0.3 is 10.7 Å². The third-order valence-electron chi connectivity index (χ3n) is 2.76. The highest BCUT2D eigenvalue weighted by Crippen LogP contribution is 2.27. The van der Waals surface area contributed by atoms with Crippen LogP contribution in [0.15, 0.2) is 41.4 Å². The van der Waals surface area contributed by atoms with E-state index in [1.807, 2.05) is 0 Å². The zero-order valence-corrected chi connectivity index (χ0v) is 12.7. The molecule has 0 aliphatic rings. The van der Waals surface area contributed by atoms with Crippen molar-refractivity contribution in [1.29, 1.82) is 5.41 Å². The average molecular weight is 325 g/mol. The summed E-state index contributed by atoms with van der Waals surface area (Å²) in [7, 11) is -2.12. The molecule has 3 N–H and O–H groups in total. The van der Waals surface area contributed by atoms with Gasteiger partial charge >= 0.3 is 0 Å². The Balaban J connectivity index is 2.41. The highest BCUT2D eigenvalue weighted by Gasteiger charge is 2.17. The second-order valence-electron chi connectivity index (χ2n) is 4.09. The van der Waals surface area contributed by atoms with Crippen molar-refractivity contribution in [2.24, 2.45) is 0 Å². The Bertz CT molecular complexity index is 760. The minimum Gasteiger partial charge on any atom is -0.386 e. The number of anilines is 2. The summed E-state index contributed by atoms with van der Waals surface area (Å²) in [6.07, 6.45) is 2.33. The largest absolute Gasteiger partial charge is 0.386 e. The van der Waals surface area contributed by atoms with Crippen LogP contribution in [0, 0.1) is 5.41 Å². The lowest BCUT2D eigenvalue weighted by atomic mass is 10.1. The fourth-order valence-electron chi connectivity index (χ4n) is 1.78. The van der Waals surface area contributed by atoms with E-state index in [0.29, 0.717) is 16.9 Å². The number of nitrogens with zero attached hydrogens (tertiary/aromatic N) is 1. The van der Waals surface area contributed by atoms with E-state index in [-0.39, 0.29) is 10.0 Å². The molecule has 0 aliphatic heterocycles. The SMILES string of the molecule is CNc1c(C=N)cccc1NS(=O)(=O)c1ccc(Cl)nc1. The van der Waals surface area contributed by atoms with Crippen LogP contribution in [0.4, 0.5) is 11.4 Å². The number of rotatable bonds is 5. The van der Waals surface area contributed by atoms with Crippen molar-refractivity contribution in [3.05, 3.63) is 47.2 Å². The van der Waals surface area contributed by atoms with Crippen LogP contribution in [-0.2, 0) is 10.0 Å². The molecule has 1 heterocycles. The topological polar surface area (TPSA) is 94.9 Å². The minimum absolute atomic E-state index is 0.00853. The van der Waals surface area contributed by atoms with Gasteiger partial charge in [0.15, 0.2) is 0 Å². The molecule has 0 saturated carbocycles. The van der Waals surface area contributed by atoms with Crippen LogP contribution in [0.1, 0.15) is 5.56 Å². The third-order valence-corrected chi connectivity index (χ3v) is 4.33. The van der Waals surface area contributed by atoms with Gasteiger partial charge in [-0.2, -0.15) is 0 Å². The molecule has 8 heteroatoms. The van der Waals surface area contributed by atoms with Crippen LogP contribution in [0.3, 0.4) is 0 Å². The van der Waals surface area contributed by atoms with Gasteiger partial charge in [0.1, 0.15) is 10.0 Å². The Morgan fingerprint density at radius 2 is 2.05 bits per heavy atom. The summed E-state index contributed by atoms with van der Waals surface area (Å²) in [5, 5.41) is 10.4. The molecule has 6 nitrogen and oxygen atoms in total. The summed E-state index contributed by atoms with van der Waals surface area (Å²) in [5.41, 5.74) is 1.46. The van der Waals surface area contributed by atoms with E-state index in [0.717, 1.165) is 6.21 Å². The van der Waals surface area contributed by atoms with Gasteiger partial charge in [-0.1, -0.05) is 23.7 Å². The number of para-hydroxylation sites is 1. The number of halogens is 1. The number of benzene rings is 1. The van der Waals surface area contributed by atoms with E-state index in [4.69, 9.17) is 17.0 Å². The molecule has 0 bridgehead atoms. The Morgan fingerprint density at radius 3 is 2.62 bits per heavy atom. The molecule has 0 saturated heterocycles. The van der Waals surface area contributed by atoms with Crippen LogP contribution in [0.5, 0.6) is 0 Å². The summed E-state index contributed by atoms with van der Waals surface area (Å²) < 4.78 is 27.1. The summed E-state index contributed by atoms with van der Waals surface area (Å²) in [6, 6.07) is 7.76. The van der Waals surface area contributed by atoms with Crippen molar-refractivity contribution < 1.29 is 8.42 Å². The Labute approximate surface area is 127 Å². The maximum Gasteiger partial charge on any atom is 0.263 e. The van der Waals surface area contributed by atoms with E-state index in [2.05, 4.69) is 15.0 Å². The number of sulfonamides is 1. The zero-order chi connectivity index (χ0) is 15.5. The molecule has 2 aromatic rings. The highest BCUT2D eigenvalue weighted by atomic mass is 35.5. The molecule has 0 amide bonds. The Hall–Kier alpha value is -2.12. The van der Waals surface area contributed by atoms with Gasteiger partial charge in [0.05, 0.1) is 11.4 Å². The first-order chi connectivity index (χ1) is 9.97. The first-order valence-corrected chi connectivity index (χ1v) is 7.79. The first-order valence-electron chi connectivity index (χ1n) is 5.93. The summed E-state index contributed by atoms with van der Waals surface area (Å²) >= 11 is 5.65. The Kier molecular flexibility index (Phi) is 4.44. The van der Waals surface area contributed by atoms with Crippen molar-refractivity contribution in [1.82, 2.24) is 4.98 Å². The number of hydrogen-bond acceptors (Lipinski definition) is 5. The van der Waals surface area contributed by atoms with E-state index in [1.165, 1.54) is 18.3 Å². The Morgan fingerprint density at radius 1 is 1.29 bits per heavy atom. The number of aromatic nitrogens is 1. The van der Waals surface area contributed by atoms with Crippen LogP contribution in [-0.4, -0.2) is 26.7 Å². The van der Waals surface area contributed by atoms with Gasteiger partial charge in [0, 0.05) is 25.0 Å². The highest BCUT2D eigenvalue weighted by molar-refractivity contribution is 7.92. The molecule has 2 rings (SSSR count). The van der Waals surface area contributed by atoms with Crippen LogP contribution >= 0.6 is 11.6 Å².